The second kappa shape index (κ2) is 5.19. The van der Waals surface area contributed by atoms with Crippen molar-refractivity contribution in [1.82, 2.24) is 4.90 Å². The van der Waals surface area contributed by atoms with Gasteiger partial charge in [-0.05, 0) is 27.8 Å². The Bertz CT molecular complexity index is 168. The van der Waals surface area contributed by atoms with Crippen LogP contribution in [0, 0.1) is 0 Å². The summed E-state index contributed by atoms with van der Waals surface area (Å²) in [4.78, 5) is 12.8. The molecule has 0 heterocycles. The monoisotopic (exact) mass is 189 g/mol. The Morgan fingerprint density at radius 3 is 2.46 bits per heavy atom. The quantitative estimate of drug-likeness (QED) is 0.630. The fourth-order valence-electron chi connectivity index (χ4n) is 0.735. The molecule has 0 aliphatic heterocycles. The summed E-state index contributed by atoms with van der Waals surface area (Å²) in [6.07, 6.45) is 0. The van der Waals surface area contributed by atoms with Crippen molar-refractivity contribution in [2.45, 2.75) is 26.3 Å². The molecule has 1 N–H and O–H groups in total. The molecule has 0 aliphatic rings. The van der Waals surface area contributed by atoms with E-state index >= 15 is 0 Å². The lowest BCUT2D eigenvalue weighted by atomic mass is 10.1. The maximum atomic E-state index is 11.1. The van der Waals surface area contributed by atoms with Crippen molar-refractivity contribution in [3.05, 3.63) is 0 Å². The van der Waals surface area contributed by atoms with E-state index in [1.54, 1.807) is 18.9 Å². The molecular formula is C9H19NO3. The van der Waals surface area contributed by atoms with Gasteiger partial charge in [-0.2, -0.15) is 0 Å². The van der Waals surface area contributed by atoms with E-state index in [4.69, 9.17) is 9.84 Å². The van der Waals surface area contributed by atoms with E-state index in [2.05, 4.69) is 0 Å². The summed E-state index contributed by atoms with van der Waals surface area (Å²) in [5.41, 5.74) is -0.382. The lowest BCUT2D eigenvalue weighted by Crippen LogP contribution is -2.46. The van der Waals surface area contributed by atoms with Crippen molar-refractivity contribution in [3.63, 3.8) is 0 Å². The molecule has 0 rings (SSSR count). The largest absolute Gasteiger partial charge is 0.465 e. The zero-order chi connectivity index (χ0) is 10.5. The van der Waals surface area contributed by atoms with E-state index in [1.165, 1.54) is 0 Å². The lowest BCUT2D eigenvalue weighted by Gasteiger charge is -2.32. The predicted molar refractivity (Wildman–Crippen MR) is 50.4 cm³/mol. The number of carbonyl (C=O) groups is 1. The van der Waals surface area contributed by atoms with Crippen LogP contribution in [0.1, 0.15) is 20.8 Å². The minimum Gasteiger partial charge on any atom is -0.465 e. The SMILES string of the molecule is CCOC(=O)CN(C)C(C)(C)CO. The van der Waals surface area contributed by atoms with Gasteiger partial charge in [0, 0.05) is 5.54 Å². The van der Waals surface area contributed by atoms with Crippen LogP contribution in [0.4, 0.5) is 0 Å². The van der Waals surface area contributed by atoms with Crippen LogP contribution in [0.25, 0.3) is 0 Å². The van der Waals surface area contributed by atoms with Crippen LogP contribution >= 0.6 is 0 Å². The number of hydrogen-bond acceptors (Lipinski definition) is 4. The van der Waals surface area contributed by atoms with E-state index < -0.39 is 0 Å². The highest BCUT2D eigenvalue weighted by Crippen LogP contribution is 2.10. The third kappa shape index (κ3) is 4.24. The van der Waals surface area contributed by atoms with Crippen molar-refractivity contribution in [1.29, 1.82) is 0 Å². The number of nitrogens with zero attached hydrogens (tertiary/aromatic N) is 1. The van der Waals surface area contributed by atoms with E-state index in [-0.39, 0.29) is 24.7 Å². The van der Waals surface area contributed by atoms with Crippen molar-refractivity contribution >= 4 is 5.97 Å². The van der Waals surface area contributed by atoms with Gasteiger partial charge in [0.25, 0.3) is 0 Å². The van der Waals surface area contributed by atoms with Crippen LogP contribution in [0.5, 0.6) is 0 Å². The molecule has 78 valence electrons. The first-order chi connectivity index (χ1) is 5.94. The first-order valence-electron chi connectivity index (χ1n) is 4.41. The molecule has 0 amide bonds. The van der Waals surface area contributed by atoms with Crippen molar-refractivity contribution < 1.29 is 14.6 Å². The van der Waals surface area contributed by atoms with Crippen LogP contribution in [0.3, 0.4) is 0 Å². The number of esters is 1. The van der Waals surface area contributed by atoms with E-state index in [0.717, 1.165) is 0 Å². The molecule has 4 heteroatoms. The van der Waals surface area contributed by atoms with Gasteiger partial charge >= 0.3 is 5.97 Å². The minimum atomic E-state index is -0.382. The summed E-state index contributed by atoms with van der Waals surface area (Å²) in [6, 6.07) is 0. The van der Waals surface area contributed by atoms with Gasteiger partial charge in [0.2, 0.25) is 0 Å². The molecule has 4 nitrogen and oxygen atoms in total. The molecule has 0 aromatic heterocycles. The first-order valence-corrected chi connectivity index (χ1v) is 4.41. The smallest absolute Gasteiger partial charge is 0.320 e. The maximum absolute atomic E-state index is 11.1. The van der Waals surface area contributed by atoms with Gasteiger partial charge < -0.3 is 9.84 Å². The summed E-state index contributed by atoms with van der Waals surface area (Å²) >= 11 is 0. The molecule has 0 saturated heterocycles. The van der Waals surface area contributed by atoms with Crippen LogP contribution in [-0.2, 0) is 9.53 Å². The summed E-state index contributed by atoms with van der Waals surface area (Å²) in [5, 5.41) is 9.01. The fourth-order valence-corrected chi connectivity index (χ4v) is 0.735. The lowest BCUT2D eigenvalue weighted by molar-refractivity contribution is -0.145. The number of carbonyl (C=O) groups excluding carboxylic acids is 1. The summed E-state index contributed by atoms with van der Waals surface area (Å²) in [6.45, 7) is 6.13. The van der Waals surface area contributed by atoms with Gasteiger partial charge in [0.1, 0.15) is 0 Å². The average molecular weight is 189 g/mol. The normalized spacial score (nSPS) is 11.8. The van der Waals surface area contributed by atoms with Crippen LogP contribution < -0.4 is 0 Å². The van der Waals surface area contributed by atoms with Crippen LogP contribution in [0.15, 0.2) is 0 Å². The summed E-state index contributed by atoms with van der Waals surface area (Å²) in [5.74, 6) is -0.258. The number of aliphatic hydroxyl groups is 1. The third-order valence-corrected chi connectivity index (χ3v) is 2.09. The molecule has 0 aromatic rings. The molecule has 0 aromatic carbocycles. The van der Waals surface area contributed by atoms with Crippen LogP contribution in [-0.4, -0.2) is 48.3 Å². The average Bonchev–Trinajstić information content (AvgIpc) is 2.04. The molecule has 0 unspecified atom stereocenters. The van der Waals surface area contributed by atoms with E-state index in [1.807, 2.05) is 13.8 Å². The fraction of sp³-hybridized carbons (Fsp3) is 0.889. The Balaban J connectivity index is 3.99. The Kier molecular flexibility index (Phi) is 4.95. The predicted octanol–water partition coefficient (Wildman–Crippen LogP) is 0.252. The standard InChI is InChI=1S/C9H19NO3/c1-5-13-8(12)6-10(4)9(2,3)7-11/h11H,5-7H2,1-4H3. The molecule has 0 bridgehead atoms. The highest BCUT2D eigenvalue weighted by atomic mass is 16.5. The van der Waals surface area contributed by atoms with E-state index in [9.17, 15) is 4.79 Å². The molecule has 13 heavy (non-hydrogen) atoms. The van der Waals surface area contributed by atoms with Gasteiger partial charge in [0.05, 0.1) is 19.8 Å². The molecule has 0 saturated carbocycles. The van der Waals surface area contributed by atoms with Crippen molar-refractivity contribution in [3.8, 4) is 0 Å². The Morgan fingerprint density at radius 2 is 2.08 bits per heavy atom. The molecule has 0 aliphatic carbocycles. The van der Waals surface area contributed by atoms with Crippen molar-refractivity contribution in [2.75, 3.05) is 26.8 Å². The Hall–Kier alpha value is -0.610. The summed E-state index contributed by atoms with van der Waals surface area (Å²) in [7, 11) is 1.78. The molecular weight excluding hydrogens is 170 g/mol. The highest BCUT2D eigenvalue weighted by Gasteiger charge is 2.24. The number of aliphatic hydroxyl groups excluding tert-OH is 1. The zero-order valence-electron chi connectivity index (χ0n) is 8.83. The second-order valence-corrected chi connectivity index (χ2v) is 3.63. The zero-order valence-corrected chi connectivity index (χ0v) is 8.83. The van der Waals surface area contributed by atoms with Crippen molar-refractivity contribution in [2.24, 2.45) is 0 Å². The van der Waals surface area contributed by atoms with E-state index in [0.29, 0.717) is 6.61 Å². The number of likely N-dealkylation sites (N-methyl/N-ethyl adjacent to an activating group) is 1. The Labute approximate surface area is 79.5 Å². The molecule has 0 atom stereocenters. The highest BCUT2D eigenvalue weighted by molar-refractivity contribution is 5.71. The topological polar surface area (TPSA) is 49.8 Å². The van der Waals surface area contributed by atoms with Gasteiger partial charge in [0.15, 0.2) is 0 Å². The Morgan fingerprint density at radius 1 is 1.54 bits per heavy atom. The number of ether oxygens (including phenoxy) is 1. The molecule has 0 radical (unpaired) electrons. The number of hydrogen-bond donors (Lipinski definition) is 1. The number of rotatable bonds is 5. The summed E-state index contributed by atoms with van der Waals surface area (Å²) < 4.78 is 4.79. The second-order valence-electron chi connectivity index (χ2n) is 3.63. The van der Waals surface area contributed by atoms with Gasteiger partial charge in [-0.25, -0.2) is 0 Å². The molecule has 0 fully saturated rings. The van der Waals surface area contributed by atoms with Crippen LogP contribution in [0.2, 0.25) is 0 Å². The molecule has 0 spiro atoms. The van der Waals surface area contributed by atoms with Gasteiger partial charge in [-0.15, -0.1) is 0 Å². The van der Waals surface area contributed by atoms with Gasteiger partial charge in [-0.3, -0.25) is 9.69 Å². The maximum Gasteiger partial charge on any atom is 0.320 e. The first kappa shape index (κ1) is 12.4. The third-order valence-electron chi connectivity index (χ3n) is 2.09. The van der Waals surface area contributed by atoms with Gasteiger partial charge in [-0.1, -0.05) is 0 Å². The minimum absolute atomic E-state index is 0.0168.